The molecule has 0 radical (unpaired) electrons. The van der Waals surface area contributed by atoms with E-state index in [0.29, 0.717) is 0 Å². The van der Waals surface area contributed by atoms with Crippen molar-refractivity contribution in [1.29, 1.82) is 0 Å². The molecule has 0 rings (SSSR count). The van der Waals surface area contributed by atoms with E-state index in [0.717, 1.165) is 0 Å². The summed E-state index contributed by atoms with van der Waals surface area (Å²) in [6, 6.07) is -3.33. The summed E-state index contributed by atoms with van der Waals surface area (Å²) >= 11 is 0. The molecule has 18 heteroatoms. The molecule has 0 aromatic heterocycles. The molecule has 0 spiro atoms. The largest absolute Gasteiger partial charge is 2.00 e. The second-order valence-electron chi connectivity index (χ2n) is 2.02. The van der Waals surface area contributed by atoms with E-state index in [1.54, 1.807) is 0 Å². The van der Waals surface area contributed by atoms with Crippen LogP contribution in [-0.4, -0.2) is 79.4 Å². The second-order valence-corrected chi connectivity index (χ2v) is 2.83. The normalized spacial score (nSPS) is 7.00. The average molecular weight is 376 g/mol. The smallest absolute Gasteiger partial charge is 0.759 e. The number of nitrogens with two attached hydrogens (primary N) is 8. The van der Waals surface area contributed by atoms with Gasteiger partial charge in [-0.3, -0.25) is 8.42 Å². The van der Waals surface area contributed by atoms with Gasteiger partial charge in [0.1, 0.15) is 0 Å². The first kappa shape index (κ1) is 36.9. The van der Waals surface area contributed by atoms with Crippen molar-refractivity contribution in [2.75, 3.05) is 0 Å². The zero-order chi connectivity index (χ0) is 18.8. The van der Waals surface area contributed by atoms with Crippen LogP contribution in [0.25, 0.3) is 0 Å². The van der Waals surface area contributed by atoms with Gasteiger partial charge in [-0.15, -0.1) is 0 Å². The molecule has 0 aliphatic heterocycles. The summed E-state index contributed by atoms with van der Waals surface area (Å²) in [4.78, 5) is 36.0. The minimum Gasteiger partial charge on any atom is -0.759 e. The predicted octanol–water partition coefficient (Wildman–Crippen LogP) is -5.62. The Hall–Kier alpha value is -1.79. The summed E-state index contributed by atoms with van der Waals surface area (Å²) in [5.74, 6) is 0. The van der Waals surface area contributed by atoms with E-state index in [1.807, 2.05) is 0 Å². The minimum atomic E-state index is -5.17. The van der Waals surface area contributed by atoms with Crippen LogP contribution in [0.4, 0.5) is 19.2 Å². The topological polar surface area (TPSA) is 357 Å². The maximum Gasteiger partial charge on any atom is 2.00 e. The number of carbonyl (C=O) groups excluding carboxylic acids is 4. The van der Waals surface area contributed by atoms with Crippen LogP contribution in [0.15, 0.2) is 0 Å². The van der Waals surface area contributed by atoms with Crippen LogP contribution >= 0.6 is 0 Å². The van der Waals surface area contributed by atoms with Gasteiger partial charge in [0.2, 0.25) is 0 Å². The molecule has 0 unspecified atom stereocenters. The molecule has 22 heavy (non-hydrogen) atoms. The van der Waals surface area contributed by atoms with E-state index in [1.165, 1.54) is 0 Å². The Morgan fingerprint density at radius 1 is 0.545 bits per heavy atom. The van der Waals surface area contributed by atoms with Gasteiger partial charge in [-0.2, -0.15) is 0 Å². The third-order valence-corrected chi connectivity index (χ3v) is 0. The monoisotopic (exact) mass is 376 g/mol. The summed E-state index contributed by atoms with van der Waals surface area (Å²) < 4.78 is 34.1. The predicted molar refractivity (Wildman–Crippen MR) is 71.3 cm³/mol. The van der Waals surface area contributed by atoms with Crippen molar-refractivity contribution in [2.45, 2.75) is 0 Å². The summed E-state index contributed by atoms with van der Waals surface area (Å²) in [6.45, 7) is 0. The van der Waals surface area contributed by atoms with Crippen molar-refractivity contribution in [3.05, 3.63) is 0 Å². The standard InChI is InChI=1S/4CH4N2O.Ca.H2O4S/c4*2-1(3)4;;1-5(2,3)4/h4*(H4,2,3,4);;(H2,1,2,3,4)/q;;;;+2;/p-2. The summed E-state index contributed by atoms with van der Waals surface area (Å²) in [7, 11) is -5.17. The van der Waals surface area contributed by atoms with Gasteiger partial charge in [0.25, 0.3) is 0 Å². The van der Waals surface area contributed by atoms with E-state index in [2.05, 4.69) is 45.9 Å². The van der Waals surface area contributed by atoms with Crippen molar-refractivity contribution < 1.29 is 36.7 Å². The first-order chi connectivity index (χ1) is 8.93. The zero-order valence-electron chi connectivity index (χ0n) is 11.0. The maximum absolute atomic E-state index is 9.00. The number of primary amides is 8. The van der Waals surface area contributed by atoms with Gasteiger partial charge >= 0.3 is 61.9 Å². The van der Waals surface area contributed by atoms with Crippen LogP contribution in [0, 0.1) is 0 Å². The number of urea groups is 4. The molecule has 128 valence electrons. The minimum absolute atomic E-state index is 0. The van der Waals surface area contributed by atoms with Crippen LogP contribution in [0.5, 0.6) is 0 Å². The molecule has 0 saturated heterocycles. The Balaban J connectivity index is -0.0000000361. The van der Waals surface area contributed by atoms with Crippen LogP contribution in [0.2, 0.25) is 0 Å². The van der Waals surface area contributed by atoms with Gasteiger partial charge in [-0.1, -0.05) is 0 Å². The van der Waals surface area contributed by atoms with Crippen LogP contribution < -0.4 is 45.9 Å². The number of rotatable bonds is 0. The van der Waals surface area contributed by atoms with E-state index < -0.39 is 34.5 Å². The van der Waals surface area contributed by atoms with E-state index in [9.17, 15) is 0 Å². The van der Waals surface area contributed by atoms with Crippen LogP contribution in [0.1, 0.15) is 0 Å². The van der Waals surface area contributed by atoms with Crippen molar-refractivity contribution in [3.8, 4) is 0 Å². The fourth-order valence-electron chi connectivity index (χ4n) is 0. The van der Waals surface area contributed by atoms with Crippen molar-refractivity contribution in [2.24, 2.45) is 45.9 Å². The number of amides is 8. The van der Waals surface area contributed by atoms with Gasteiger partial charge in [0.05, 0.1) is 0 Å². The fourth-order valence-corrected chi connectivity index (χ4v) is 0. The fraction of sp³-hybridized carbons (Fsp3) is 0. The van der Waals surface area contributed by atoms with Crippen LogP contribution in [0.3, 0.4) is 0 Å². The average Bonchev–Trinajstić information content (AvgIpc) is 1.91. The third-order valence-electron chi connectivity index (χ3n) is 0. The number of hydrogen-bond donors (Lipinski definition) is 8. The molecule has 16 N–H and O–H groups in total. The number of hydrogen-bond acceptors (Lipinski definition) is 8. The van der Waals surface area contributed by atoms with Gasteiger partial charge in [-0.05, 0) is 0 Å². The van der Waals surface area contributed by atoms with E-state index in [-0.39, 0.29) is 37.7 Å². The third kappa shape index (κ3) is 1680. The molecule has 0 fully saturated rings. The molecule has 0 aliphatic carbocycles. The van der Waals surface area contributed by atoms with E-state index >= 15 is 0 Å². The Labute approximate surface area is 154 Å². The molecule has 0 aromatic rings. The van der Waals surface area contributed by atoms with Crippen molar-refractivity contribution in [3.63, 3.8) is 0 Å². The Morgan fingerprint density at radius 3 is 0.545 bits per heavy atom. The summed E-state index contributed by atoms with van der Waals surface area (Å²) in [5.41, 5.74) is 34.0. The Morgan fingerprint density at radius 2 is 0.545 bits per heavy atom. The summed E-state index contributed by atoms with van der Waals surface area (Å²) in [5, 5.41) is 0. The van der Waals surface area contributed by atoms with Gasteiger partial charge < -0.3 is 55.0 Å². The second kappa shape index (κ2) is 24.2. The maximum atomic E-state index is 9.00. The first-order valence-corrected chi connectivity index (χ1v) is 5.13. The molecular weight excluding hydrogens is 360 g/mol. The molecule has 0 heterocycles. The molecule has 0 aromatic carbocycles. The molecular formula is C4H16CaN8O8S. The van der Waals surface area contributed by atoms with Gasteiger partial charge in [-0.25, -0.2) is 19.2 Å². The molecule has 0 atom stereocenters. The molecule has 0 saturated carbocycles. The van der Waals surface area contributed by atoms with Crippen molar-refractivity contribution >= 4 is 72.3 Å². The zero-order valence-corrected chi connectivity index (χ0v) is 14.0. The molecule has 0 aliphatic rings. The van der Waals surface area contributed by atoms with Gasteiger partial charge in [0, 0.05) is 10.4 Å². The molecule has 8 amide bonds. The van der Waals surface area contributed by atoms with Crippen LogP contribution in [-0.2, 0) is 10.4 Å². The van der Waals surface area contributed by atoms with E-state index in [4.69, 9.17) is 36.7 Å². The van der Waals surface area contributed by atoms with Crippen molar-refractivity contribution in [1.82, 2.24) is 0 Å². The molecule has 16 nitrogen and oxygen atoms in total. The summed E-state index contributed by atoms with van der Waals surface area (Å²) in [6.07, 6.45) is 0. The Bertz CT molecular complexity index is 340. The Kier molecular flexibility index (Phi) is 40.7. The molecule has 0 bridgehead atoms. The quantitative estimate of drug-likeness (QED) is 0.114. The number of carbonyl (C=O) groups is 4. The SMILES string of the molecule is NC(N)=O.NC(N)=O.NC(N)=O.NC(N)=O.O=S(=O)([O-])[O-].[Ca+2]. The first-order valence-electron chi connectivity index (χ1n) is 3.79. The van der Waals surface area contributed by atoms with Gasteiger partial charge in [0.15, 0.2) is 0 Å².